The first-order chi connectivity index (χ1) is 9.56. The molecule has 0 aliphatic carbocycles. The molecule has 0 radical (unpaired) electrons. The van der Waals surface area contributed by atoms with Crippen molar-refractivity contribution < 1.29 is 14.7 Å². The fourth-order valence-electron chi connectivity index (χ4n) is 1.55. The number of carboxylic acids is 1. The summed E-state index contributed by atoms with van der Waals surface area (Å²) in [6.45, 7) is 1.86. The van der Waals surface area contributed by atoms with Crippen molar-refractivity contribution >= 4 is 17.6 Å². The highest BCUT2D eigenvalue weighted by Gasteiger charge is 2.03. The van der Waals surface area contributed by atoms with E-state index in [2.05, 4.69) is 15.3 Å². The normalized spacial score (nSPS) is 10.7. The number of anilines is 1. The Morgan fingerprint density at radius 1 is 1.30 bits per heavy atom. The molecule has 2 aromatic rings. The molecule has 7 nitrogen and oxygen atoms in total. The molecule has 0 aliphatic rings. The number of aryl methyl sites for hydroxylation is 1. The van der Waals surface area contributed by atoms with Gasteiger partial charge in [-0.2, -0.15) is 0 Å². The average Bonchev–Trinajstić information content (AvgIpc) is 2.84. The van der Waals surface area contributed by atoms with Crippen molar-refractivity contribution in [2.45, 2.75) is 6.92 Å². The van der Waals surface area contributed by atoms with Gasteiger partial charge in [-0.3, -0.25) is 9.36 Å². The highest BCUT2D eigenvalue weighted by Crippen LogP contribution is 2.11. The van der Waals surface area contributed by atoms with E-state index in [9.17, 15) is 9.59 Å². The monoisotopic (exact) mass is 272 g/mol. The molecule has 2 heterocycles. The lowest BCUT2D eigenvalue weighted by atomic mass is 10.3. The molecule has 2 aromatic heterocycles. The molecule has 0 saturated heterocycles. The maximum Gasteiger partial charge on any atom is 0.328 e. The van der Waals surface area contributed by atoms with Crippen LogP contribution in [0.3, 0.4) is 0 Å². The van der Waals surface area contributed by atoms with Gasteiger partial charge in [0.05, 0.1) is 11.9 Å². The van der Waals surface area contributed by atoms with Crippen LogP contribution in [0.2, 0.25) is 0 Å². The highest BCUT2D eigenvalue weighted by atomic mass is 16.4. The Morgan fingerprint density at radius 2 is 2.10 bits per heavy atom. The van der Waals surface area contributed by atoms with Gasteiger partial charge in [-0.25, -0.2) is 14.8 Å². The zero-order chi connectivity index (χ0) is 14.5. The molecule has 0 bridgehead atoms. The van der Waals surface area contributed by atoms with Crippen LogP contribution in [0.15, 0.2) is 42.9 Å². The van der Waals surface area contributed by atoms with Crippen LogP contribution < -0.4 is 5.32 Å². The topological polar surface area (TPSA) is 97.1 Å². The number of hydrogen-bond acceptors (Lipinski definition) is 4. The number of carbonyl (C=O) groups excluding carboxylic acids is 1. The molecule has 20 heavy (non-hydrogen) atoms. The summed E-state index contributed by atoms with van der Waals surface area (Å²) in [5.41, 5.74) is 0.478. The fraction of sp³-hybridized carbons (Fsp3) is 0.0769. The minimum absolute atomic E-state index is 0.478. The van der Waals surface area contributed by atoms with Gasteiger partial charge in [0.2, 0.25) is 5.91 Å². The molecule has 0 aliphatic heterocycles. The van der Waals surface area contributed by atoms with E-state index in [0.29, 0.717) is 11.5 Å². The average molecular weight is 272 g/mol. The Balaban J connectivity index is 2.07. The van der Waals surface area contributed by atoms with Crippen LogP contribution in [-0.4, -0.2) is 31.5 Å². The number of hydrogen-bond donors (Lipinski definition) is 2. The molecule has 7 heteroatoms. The van der Waals surface area contributed by atoms with Crippen LogP contribution in [0.4, 0.5) is 5.69 Å². The largest absolute Gasteiger partial charge is 0.478 e. The quantitative estimate of drug-likeness (QED) is 0.814. The number of carbonyl (C=O) groups is 2. The summed E-state index contributed by atoms with van der Waals surface area (Å²) in [6, 6.07) is 3.40. The Bertz CT molecular complexity index is 659. The zero-order valence-electron chi connectivity index (χ0n) is 10.6. The molecule has 1 amide bonds. The van der Waals surface area contributed by atoms with Crippen molar-refractivity contribution in [1.29, 1.82) is 0 Å². The number of aromatic nitrogens is 3. The first-order valence-electron chi connectivity index (χ1n) is 5.74. The number of imidazole rings is 1. The molecule has 0 unspecified atom stereocenters. The third kappa shape index (κ3) is 3.29. The van der Waals surface area contributed by atoms with E-state index in [1.165, 1.54) is 6.20 Å². The highest BCUT2D eigenvalue weighted by molar-refractivity contribution is 6.02. The van der Waals surface area contributed by atoms with Gasteiger partial charge in [0.1, 0.15) is 11.6 Å². The number of nitrogens with one attached hydrogen (secondary N) is 1. The second kappa shape index (κ2) is 5.79. The molecule has 0 fully saturated rings. The van der Waals surface area contributed by atoms with Gasteiger partial charge < -0.3 is 10.4 Å². The summed E-state index contributed by atoms with van der Waals surface area (Å²) in [7, 11) is 0. The van der Waals surface area contributed by atoms with E-state index in [1.54, 1.807) is 29.1 Å². The molecule has 2 rings (SSSR count). The number of amides is 1. The van der Waals surface area contributed by atoms with Crippen molar-refractivity contribution in [3.63, 3.8) is 0 Å². The third-order valence-electron chi connectivity index (χ3n) is 2.47. The Labute approximate surface area is 114 Å². The maximum absolute atomic E-state index is 11.4. The summed E-state index contributed by atoms with van der Waals surface area (Å²) < 4.78 is 1.80. The van der Waals surface area contributed by atoms with Crippen LogP contribution in [0.5, 0.6) is 0 Å². The van der Waals surface area contributed by atoms with Crippen LogP contribution in [-0.2, 0) is 9.59 Å². The zero-order valence-corrected chi connectivity index (χ0v) is 10.6. The fourth-order valence-corrected chi connectivity index (χ4v) is 1.55. The van der Waals surface area contributed by atoms with Crippen LogP contribution in [0.25, 0.3) is 5.82 Å². The summed E-state index contributed by atoms with van der Waals surface area (Å²) in [6.07, 6.45) is 6.65. The lowest BCUT2D eigenvalue weighted by Gasteiger charge is -2.05. The van der Waals surface area contributed by atoms with Gasteiger partial charge in [-0.1, -0.05) is 0 Å². The van der Waals surface area contributed by atoms with Crippen molar-refractivity contribution in [1.82, 2.24) is 14.5 Å². The maximum atomic E-state index is 11.4. The van der Waals surface area contributed by atoms with E-state index in [1.807, 2.05) is 6.92 Å². The third-order valence-corrected chi connectivity index (χ3v) is 2.47. The number of nitrogens with zero attached hydrogens (tertiary/aromatic N) is 3. The number of aliphatic carboxylic acids is 1. The summed E-state index contributed by atoms with van der Waals surface area (Å²) >= 11 is 0. The molecule has 0 atom stereocenters. The number of pyridine rings is 1. The lowest BCUT2D eigenvalue weighted by Crippen LogP contribution is -2.09. The van der Waals surface area contributed by atoms with Gasteiger partial charge in [0, 0.05) is 24.5 Å². The summed E-state index contributed by atoms with van der Waals surface area (Å²) in [4.78, 5) is 29.9. The Morgan fingerprint density at radius 3 is 2.65 bits per heavy atom. The van der Waals surface area contributed by atoms with Crippen LogP contribution in [0.1, 0.15) is 5.82 Å². The van der Waals surface area contributed by atoms with Gasteiger partial charge in [-0.05, 0) is 19.1 Å². The number of rotatable bonds is 4. The molecule has 102 valence electrons. The van der Waals surface area contributed by atoms with Crippen molar-refractivity contribution in [2.75, 3.05) is 5.32 Å². The minimum atomic E-state index is -1.18. The van der Waals surface area contributed by atoms with Gasteiger partial charge >= 0.3 is 5.97 Å². The second-order valence-electron chi connectivity index (χ2n) is 3.91. The second-order valence-corrected chi connectivity index (χ2v) is 3.91. The van der Waals surface area contributed by atoms with E-state index in [0.717, 1.165) is 18.0 Å². The molecule has 0 aromatic carbocycles. The van der Waals surface area contributed by atoms with Crippen molar-refractivity contribution in [2.24, 2.45) is 0 Å². The molecule has 0 spiro atoms. The predicted molar refractivity (Wildman–Crippen MR) is 71.5 cm³/mol. The first-order valence-corrected chi connectivity index (χ1v) is 5.74. The molecular formula is C13H12N4O3. The standard InChI is InChI=1S/C13H12N4O3/c1-9-14-6-7-17(9)11-3-2-10(8-15-11)16-12(18)4-5-13(19)20/h2-8H,1H3,(H,16,18)(H,19,20)/b5-4+. The van der Waals surface area contributed by atoms with Crippen molar-refractivity contribution in [3.05, 3.63) is 48.7 Å². The van der Waals surface area contributed by atoms with E-state index in [-0.39, 0.29) is 0 Å². The minimum Gasteiger partial charge on any atom is -0.478 e. The molecule has 2 N–H and O–H groups in total. The van der Waals surface area contributed by atoms with Gasteiger partial charge in [0.15, 0.2) is 0 Å². The van der Waals surface area contributed by atoms with Gasteiger partial charge in [-0.15, -0.1) is 0 Å². The smallest absolute Gasteiger partial charge is 0.328 e. The first kappa shape index (κ1) is 13.5. The number of carboxylic acid groups (broad SMARTS) is 1. The van der Waals surface area contributed by atoms with Crippen LogP contribution in [0, 0.1) is 6.92 Å². The summed E-state index contributed by atoms with van der Waals surface area (Å²) in [5, 5.41) is 10.9. The Kier molecular flexibility index (Phi) is 3.90. The predicted octanol–water partition coefficient (Wildman–Crippen LogP) is 1.16. The molecule has 0 saturated carbocycles. The van der Waals surface area contributed by atoms with Gasteiger partial charge in [0.25, 0.3) is 0 Å². The van der Waals surface area contributed by atoms with Crippen LogP contribution >= 0.6 is 0 Å². The lowest BCUT2D eigenvalue weighted by molar-refractivity contribution is -0.131. The Hall–Kier alpha value is -2.96. The van der Waals surface area contributed by atoms with E-state index in [4.69, 9.17) is 5.11 Å². The molecular weight excluding hydrogens is 260 g/mol. The SMILES string of the molecule is Cc1nccn1-c1ccc(NC(=O)/C=C/C(=O)O)cn1. The van der Waals surface area contributed by atoms with E-state index < -0.39 is 11.9 Å². The summed E-state index contributed by atoms with van der Waals surface area (Å²) in [5.74, 6) is -0.220. The van der Waals surface area contributed by atoms with Crippen molar-refractivity contribution in [3.8, 4) is 5.82 Å². The van der Waals surface area contributed by atoms with E-state index >= 15 is 0 Å².